The van der Waals surface area contributed by atoms with Crippen molar-refractivity contribution >= 4 is 27.4 Å². The van der Waals surface area contributed by atoms with Crippen LogP contribution in [0.15, 0.2) is 17.0 Å². The average Bonchev–Trinajstić information content (AvgIpc) is 2.27. The molecule has 0 saturated carbocycles. The number of benzene rings is 1. The average molecular weight is 273 g/mol. The van der Waals surface area contributed by atoms with Gasteiger partial charge < -0.3 is 15.8 Å². The lowest BCUT2D eigenvalue weighted by molar-refractivity contribution is -0.138. The lowest BCUT2D eigenvalue weighted by Gasteiger charge is -2.12. The number of carbonyl (C=O) groups is 1. The summed E-state index contributed by atoms with van der Waals surface area (Å²) < 4.78 is 27.2. The van der Waals surface area contributed by atoms with Gasteiger partial charge in [-0.3, -0.25) is 4.79 Å². The van der Waals surface area contributed by atoms with Gasteiger partial charge in [-0.1, -0.05) is 0 Å². The van der Waals surface area contributed by atoms with Crippen molar-refractivity contribution in [3.63, 3.8) is 0 Å². The third kappa shape index (κ3) is 3.34. The second-order valence-corrected chi connectivity index (χ2v) is 5.20. The number of anilines is 2. The Morgan fingerprint density at radius 3 is 2.56 bits per heavy atom. The van der Waals surface area contributed by atoms with E-state index in [1.54, 1.807) is 6.92 Å². The van der Waals surface area contributed by atoms with Gasteiger partial charge in [0.25, 0.3) is 0 Å². The van der Waals surface area contributed by atoms with Gasteiger partial charge in [0.15, 0.2) is 0 Å². The number of carbonyl (C=O) groups excluding carboxylic acids is 1. The van der Waals surface area contributed by atoms with E-state index in [0.29, 0.717) is 11.3 Å². The lowest BCUT2D eigenvalue weighted by atomic mass is 10.2. The summed E-state index contributed by atoms with van der Waals surface area (Å²) in [7, 11) is -2.60. The maximum absolute atomic E-state index is 11.4. The van der Waals surface area contributed by atoms with Gasteiger partial charge in [-0.2, -0.15) is 0 Å². The molecule has 18 heavy (non-hydrogen) atoms. The number of nitrogen functional groups attached to an aromatic ring is 1. The molecule has 1 aromatic carbocycles. The van der Waals surface area contributed by atoms with E-state index in [4.69, 9.17) is 10.9 Å². The highest BCUT2D eigenvalue weighted by Gasteiger charge is 2.15. The number of sulfonamides is 1. The summed E-state index contributed by atoms with van der Waals surface area (Å²) >= 11 is 0. The van der Waals surface area contributed by atoms with Gasteiger partial charge >= 0.3 is 5.97 Å². The molecule has 5 N–H and O–H groups in total. The zero-order valence-electron chi connectivity index (χ0n) is 10.1. The van der Waals surface area contributed by atoms with Crippen LogP contribution < -0.4 is 16.2 Å². The van der Waals surface area contributed by atoms with Gasteiger partial charge in [-0.15, -0.1) is 0 Å². The standard InChI is InChI=1S/C10H15N3O4S/c1-6-8(13-5-10(14)17-2)3-7(11)4-9(6)18(12,15)16/h3-4,13H,5,11H2,1-2H3,(H2,12,15,16). The van der Waals surface area contributed by atoms with E-state index >= 15 is 0 Å². The van der Waals surface area contributed by atoms with E-state index < -0.39 is 16.0 Å². The molecule has 8 heteroatoms. The van der Waals surface area contributed by atoms with Gasteiger partial charge in [-0.25, -0.2) is 13.6 Å². The molecule has 1 rings (SSSR count). The number of ether oxygens (including phenoxy) is 1. The van der Waals surface area contributed by atoms with Crippen LogP contribution in [0.4, 0.5) is 11.4 Å². The maximum atomic E-state index is 11.4. The number of nitrogens with one attached hydrogen (secondary N) is 1. The molecule has 0 heterocycles. The number of primary sulfonamides is 1. The summed E-state index contributed by atoms with van der Waals surface area (Å²) in [4.78, 5) is 10.9. The smallest absolute Gasteiger partial charge is 0.325 e. The van der Waals surface area contributed by atoms with Gasteiger partial charge in [-0.05, 0) is 24.6 Å². The summed E-state index contributed by atoms with van der Waals surface area (Å²) in [6.45, 7) is 1.48. The van der Waals surface area contributed by atoms with Crippen LogP contribution in [0.5, 0.6) is 0 Å². The predicted octanol–water partition coefficient (Wildman–Crippen LogP) is -0.190. The zero-order valence-corrected chi connectivity index (χ0v) is 10.9. The zero-order chi connectivity index (χ0) is 13.9. The fourth-order valence-corrected chi connectivity index (χ4v) is 2.26. The fraction of sp³-hybridized carbons (Fsp3) is 0.300. The van der Waals surface area contributed by atoms with E-state index in [9.17, 15) is 13.2 Å². The Kier molecular flexibility index (Phi) is 4.15. The molecule has 0 saturated heterocycles. The Morgan fingerprint density at radius 1 is 1.44 bits per heavy atom. The number of esters is 1. The highest BCUT2D eigenvalue weighted by Crippen LogP contribution is 2.25. The Labute approximate surface area is 105 Å². The first-order chi connectivity index (χ1) is 8.25. The van der Waals surface area contributed by atoms with Crippen molar-refractivity contribution in [1.29, 1.82) is 0 Å². The molecule has 0 aromatic heterocycles. The third-order valence-corrected chi connectivity index (χ3v) is 3.38. The van der Waals surface area contributed by atoms with Gasteiger partial charge in [0, 0.05) is 11.4 Å². The Balaban J connectivity index is 3.14. The van der Waals surface area contributed by atoms with E-state index in [1.807, 2.05) is 0 Å². The van der Waals surface area contributed by atoms with Crippen molar-refractivity contribution in [2.75, 3.05) is 24.7 Å². The van der Waals surface area contributed by atoms with Crippen LogP contribution in [0, 0.1) is 6.92 Å². The van der Waals surface area contributed by atoms with Crippen LogP contribution in [-0.4, -0.2) is 28.0 Å². The molecule has 0 fully saturated rings. The van der Waals surface area contributed by atoms with Gasteiger partial charge in [0.1, 0.15) is 6.54 Å². The molecule has 0 aliphatic rings. The SMILES string of the molecule is COC(=O)CNc1cc(N)cc(S(N)(=O)=O)c1C. The normalized spacial score (nSPS) is 11.1. The summed E-state index contributed by atoms with van der Waals surface area (Å²) in [5, 5.41) is 7.82. The Morgan fingerprint density at radius 2 is 2.06 bits per heavy atom. The molecule has 0 radical (unpaired) electrons. The fourth-order valence-electron chi connectivity index (χ4n) is 1.43. The highest BCUT2D eigenvalue weighted by atomic mass is 32.2. The Bertz CT molecular complexity index is 569. The second kappa shape index (κ2) is 5.23. The van der Waals surface area contributed by atoms with E-state index in [-0.39, 0.29) is 17.1 Å². The minimum Gasteiger partial charge on any atom is -0.468 e. The summed E-state index contributed by atoms with van der Waals surface area (Å²) in [5.74, 6) is -0.478. The third-order valence-electron chi connectivity index (χ3n) is 2.34. The number of nitrogens with two attached hydrogens (primary N) is 2. The van der Waals surface area contributed by atoms with Crippen LogP contribution in [0.3, 0.4) is 0 Å². The summed E-state index contributed by atoms with van der Waals surface area (Å²) in [6, 6.07) is 2.79. The Hall–Kier alpha value is -1.80. The first-order valence-electron chi connectivity index (χ1n) is 4.99. The molecular formula is C10H15N3O4S. The molecule has 0 amide bonds. The molecule has 0 aliphatic heterocycles. The van der Waals surface area contributed by atoms with Crippen molar-refractivity contribution in [1.82, 2.24) is 0 Å². The molecular weight excluding hydrogens is 258 g/mol. The van der Waals surface area contributed by atoms with Crippen LogP contribution >= 0.6 is 0 Å². The van der Waals surface area contributed by atoms with E-state index in [0.717, 1.165) is 0 Å². The topological polar surface area (TPSA) is 125 Å². The molecule has 0 atom stereocenters. The molecule has 7 nitrogen and oxygen atoms in total. The van der Waals surface area contributed by atoms with Crippen LogP contribution in [0.2, 0.25) is 0 Å². The summed E-state index contributed by atoms with van der Waals surface area (Å²) in [5.41, 5.74) is 6.64. The predicted molar refractivity (Wildman–Crippen MR) is 67.5 cm³/mol. The monoisotopic (exact) mass is 273 g/mol. The van der Waals surface area contributed by atoms with E-state index in [2.05, 4.69) is 10.1 Å². The molecule has 1 aromatic rings. The number of rotatable bonds is 4. The highest BCUT2D eigenvalue weighted by molar-refractivity contribution is 7.89. The second-order valence-electron chi connectivity index (χ2n) is 3.67. The van der Waals surface area contributed by atoms with E-state index in [1.165, 1.54) is 19.2 Å². The molecule has 0 aliphatic carbocycles. The van der Waals surface area contributed by atoms with Crippen LogP contribution in [-0.2, 0) is 19.6 Å². The number of hydrogen-bond acceptors (Lipinski definition) is 6. The number of methoxy groups -OCH3 is 1. The van der Waals surface area contributed by atoms with Crippen molar-refractivity contribution in [3.05, 3.63) is 17.7 Å². The molecule has 0 spiro atoms. The van der Waals surface area contributed by atoms with Crippen molar-refractivity contribution in [3.8, 4) is 0 Å². The van der Waals surface area contributed by atoms with Gasteiger partial charge in [0.2, 0.25) is 10.0 Å². The lowest BCUT2D eigenvalue weighted by Crippen LogP contribution is -2.18. The summed E-state index contributed by atoms with van der Waals surface area (Å²) in [6.07, 6.45) is 0. The van der Waals surface area contributed by atoms with Crippen molar-refractivity contribution < 1.29 is 17.9 Å². The largest absolute Gasteiger partial charge is 0.468 e. The first-order valence-corrected chi connectivity index (χ1v) is 6.54. The van der Waals surface area contributed by atoms with Crippen LogP contribution in [0.25, 0.3) is 0 Å². The number of hydrogen-bond donors (Lipinski definition) is 3. The van der Waals surface area contributed by atoms with Crippen molar-refractivity contribution in [2.24, 2.45) is 5.14 Å². The minimum absolute atomic E-state index is 0.0742. The van der Waals surface area contributed by atoms with Gasteiger partial charge in [0.05, 0.1) is 12.0 Å². The molecule has 100 valence electrons. The first kappa shape index (κ1) is 14.3. The van der Waals surface area contributed by atoms with Crippen LogP contribution in [0.1, 0.15) is 5.56 Å². The molecule has 0 bridgehead atoms. The minimum atomic E-state index is -3.86. The van der Waals surface area contributed by atoms with Crippen molar-refractivity contribution in [2.45, 2.75) is 11.8 Å². The molecule has 0 unspecified atom stereocenters. The quantitative estimate of drug-likeness (QED) is 0.516. The maximum Gasteiger partial charge on any atom is 0.325 e.